The molecule has 0 spiro atoms. The summed E-state index contributed by atoms with van der Waals surface area (Å²) in [6.07, 6.45) is 0.337. The predicted molar refractivity (Wildman–Crippen MR) is 118 cm³/mol. The van der Waals surface area contributed by atoms with Crippen molar-refractivity contribution >= 4 is 5.71 Å². The first-order valence-electron chi connectivity index (χ1n) is 10.2. The number of para-hydroxylation sites is 1. The molecule has 2 aliphatic heterocycles. The van der Waals surface area contributed by atoms with Gasteiger partial charge in [-0.25, -0.2) is 5.01 Å². The van der Waals surface area contributed by atoms with Crippen molar-refractivity contribution in [2.75, 3.05) is 21.3 Å². The van der Waals surface area contributed by atoms with Crippen LogP contribution in [0.2, 0.25) is 0 Å². The lowest BCUT2D eigenvalue weighted by molar-refractivity contribution is -0.0204. The number of hydrogen-bond acceptors (Lipinski definition) is 6. The van der Waals surface area contributed by atoms with Crippen LogP contribution in [0.5, 0.6) is 23.0 Å². The second kappa shape index (κ2) is 7.87. The van der Waals surface area contributed by atoms with Crippen molar-refractivity contribution in [1.29, 1.82) is 0 Å². The molecule has 0 bridgehead atoms. The van der Waals surface area contributed by atoms with Gasteiger partial charge >= 0.3 is 0 Å². The standard InChI is InChI=1S/C25H24N2O4/c1-28-17-8-6-7-16(13-17)21-15-22-19-9-4-5-10-24(19)31-25(27(22)26-21)20-14-18(29-2)11-12-23(20)30-3/h4-14,22,25H,15H2,1-3H3/t22-,25-/m0/s1. The highest BCUT2D eigenvalue weighted by Gasteiger charge is 2.42. The van der Waals surface area contributed by atoms with E-state index in [1.54, 1.807) is 21.3 Å². The highest BCUT2D eigenvalue weighted by molar-refractivity contribution is 6.02. The zero-order valence-electron chi connectivity index (χ0n) is 17.7. The summed E-state index contributed by atoms with van der Waals surface area (Å²) in [6.45, 7) is 0. The Bertz CT molecular complexity index is 1140. The van der Waals surface area contributed by atoms with Gasteiger partial charge in [0.25, 0.3) is 0 Å². The van der Waals surface area contributed by atoms with Gasteiger partial charge in [0.1, 0.15) is 23.0 Å². The van der Waals surface area contributed by atoms with Crippen LogP contribution in [0.15, 0.2) is 71.8 Å². The van der Waals surface area contributed by atoms with E-state index in [0.717, 1.165) is 51.8 Å². The minimum absolute atomic E-state index is 0.0621. The highest BCUT2D eigenvalue weighted by Crippen LogP contribution is 2.49. The van der Waals surface area contributed by atoms with Gasteiger partial charge in [0.2, 0.25) is 6.23 Å². The Morgan fingerprint density at radius 1 is 0.839 bits per heavy atom. The van der Waals surface area contributed by atoms with Crippen LogP contribution in [0, 0.1) is 0 Å². The monoisotopic (exact) mass is 416 g/mol. The molecule has 0 N–H and O–H groups in total. The largest absolute Gasteiger partial charge is 0.497 e. The zero-order valence-corrected chi connectivity index (χ0v) is 17.7. The molecule has 158 valence electrons. The molecule has 0 saturated heterocycles. The lowest BCUT2D eigenvalue weighted by Crippen LogP contribution is -2.33. The van der Waals surface area contributed by atoms with Crippen molar-refractivity contribution in [2.24, 2.45) is 5.10 Å². The van der Waals surface area contributed by atoms with Crippen molar-refractivity contribution in [3.8, 4) is 23.0 Å². The maximum absolute atomic E-state index is 6.46. The molecule has 0 fully saturated rings. The van der Waals surface area contributed by atoms with E-state index in [1.165, 1.54) is 0 Å². The zero-order chi connectivity index (χ0) is 21.4. The molecular weight excluding hydrogens is 392 g/mol. The van der Waals surface area contributed by atoms with E-state index in [1.807, 2.05) is 59.6 Å². The molecule has 6 heteroatoms. The van der Waals surface area contributed by atoms with Crippen LogP contribution < -0.4 is 18.9 Å². The van der Waals surface area contributed by atoms with Crippen molar-refractivity contribution in [2.45, 2.75) is 18.7 Å². The number of nitrogens with zero attached hydrogens (tertiary/aromatic N) is 2. The molecule has 2 aliphatic rings. The van der Waals surface area contributed by atoms with Gasteiger partial charge in [0.05, 0.1) is 38.6 Å². The summed E-state index contributed by atoms with van der Waals surface area (Å²) in [5.41, 5.74) is 4.04. The maximum atomic E-state index is 6.46. The lowest BCUT2D eigenvalue weighted by atomic mass is 9.95. The summed E-state index contributed by atoms with van der Waals surface area (Å²) in [7, 11) is 4.99. The molecule has 31 heavy (non-hydrogen) atoms. The van der Waals surface area contributed by atoms with E-state index in [-0.39, 0.29) is 6.04 Å². The second-order valence-corrected chi connectivity index (χ2v) is 7.49. The molecule has 0 aliphatic carbocycles. The van der Waals surface area contributed by atoms with E-state index in [2.05, 4.69) is 12.1 Å². The Balaban J connectivity index is 1.62. The van der Waals surface area contributed by atoms with E-state index in [9.17, 15) is 0 Å². The first-order valence-corrected chi connectivity index (χ1v) is 10.2. The number of rotatable bonds is 5. The second-order valence-electron chi connectivity index (χ2n) is 7.49. The number of fused-ring (bicyclic) bond motifs is 3. The molecule has 0 unspecified atom stereocenters. The van der Waals surface area contributed by atoms with Crippen LogP contribution in [0.25, 0.3) is 0 Å². The average Bonchev–Trinajstić information content (AvgIpc) is 3.29. The van der Waals surface area contributed by atoms with Crippen molar-refractivity contribution in [3.63, 3.8) is 0 Å². The topological polar surface area (TPSA) is 52.5 Å². The van der Waals surface area contributed by atoms with Crippen LogP contribution in [0.1, 0.15) is 35.4 Å². The van der Waals surface area contributed by atoms with Gasteiger partial charge in [0, 0.05) is 17.5 Å². The Labute approximate surface area is 181 Å². The summed E-state index contributed by atoms with van der Waals surface area (Å²) < 4.78 is 23.0. The summed E-state index contributed by atoms with van der Waals surface area (Å²) >= 11 is 0. The van der Waals surface area contributed by atoms with Gasteiger partial charge in [-0.05, 0) is 36.4 Å². The number of hydrazone groups is 1. The smallest absolute Gasteiger partial charge is 0.217 e. The van der Waals surface area contributed by atoms with Gasteiger partial charge in [-0.15, -0.1) is 0 Å². The van der Waals surface area contributed by atoms with E-state index in [0.29, 0.717) is 0 Å². The van der Waals surface area contributed by atoms with Gasteiger partial charge in [-0.3, -0.25) is 0 Å². The molecule has 5 rings (SSSR count). The third-order valence-corrected chi connectivity index (χ3v) is 5.80. The highest BCUT2D eigenvalue weighted by atomic mass is 16.5. The molecule has 0 amide bonds. The Kier molecular flexibility index (Phi) is 4.90. The minimum atomic E-state index is -0.437. The van der Waals surface area contributed by atoms with Crippen molar-refractivity contribution < 1.29 is 18.9 Å². The SMILES string of the molecule is COc1cccc(C2=NN3[C@@H](C2)c2ccccc2O[C@H]3c2cc(OC)ccc2OC)c1. The molecular formula is C25H24N2O4. The van der Waals surface area contributed by atoms with Gasteiger partial charge in [0.15, 0.2) is 0 Å². The Morgan fingerprint density at radius 3 is 2.45 bits per heavy atom. The number of methoxy groups -OCH3 is 3. The quantitative estimate of drug-likeness (QED) is 0.589. The summed E-state index contributed by atoms with van der Waals surface area (Å²) in [5.74, 6) is 3.15. The van der Waals surface area contributed by atoms with E-state index < -0.39 is 6.23 Å². The fourth-order valence-electron chi connectivity index (χ4n) is 4.25. The summed E-state index contributed by atoms with van der Waals surface area (Å²) in [4.78, 5) is 0. The molecule has 0 aromatic heterocycles. The molecule has 0 radical (unpaired) electrons. The van der Waals surface area contributed by atoms with Gasteiger partial charge < -0.3 is 18.9 Å². The Morgan fingerprint density at radius 2 is 1.65 bits per heavy atom. The fraction of sp³-hybridized carbons (Fsp3) is 0.240. The Hall–Kier alpha value is -3.67. The number of hydrogen-bond donors (Lipinski definition) is 0. The van der Waals surface area contributed by atoms with Crippen LogP contribution in [-0.4, -0.2) is 32.0 Å². The summed E-state index contributed by atoms with van der Waals surface area (Å²) in [6, 6.07) is 21.9. The molecule has 0 saturated carbocycles. The van der Waals surface area contributed by atoms with E-state index in [4.69, 9.17) is 24.0 Å². The lowest BCUT2D eigenvalue weighted by Gasteiger charge is -2.38. The first-order chi connectivity index (χ1) is 15.2. The molecule has 3 aromatic rings. The molecule has 2 heterocycles. The van der Waals surface area contributed by atoms with Crippen LogP contribution in [0.3, 0.4) is 0 Å². The minimum Gasteiger partial charge on any atom is -0.497 e. The van der Waals surface area contributed by atoms with Crippen molar-refractivity contribution in [1.82, 2.24) is 5.01 Å². The summed E-state index contributed by atoms with van der Waals surface area (Å²) in [5, 5.41) is 7.05. The van der Waals surface area contributed by atoms with Crippen LogP contribution in [0.4, 0.5) is 0 Å². The maximum Gasteiger partial charge on any atom is 0.217 e. The normalized spacial score (nSPS) is 19.1. The molecule has 6 nitrogen and oxygen atoms in total. The predicted octanol–water partition coefficient (Wildman–Crippen LogP) is 4.95. The van der Waals surface area contributed by atoms with Gasteiger partial charge in [-0.2, -0.15) is 5.10 Å². The number of benzene rings is 3. The average molecular weight is 416 g/mol. The van der Waals surface area contributed by atoms with Crippen LogP contribution in [-0.2, 0) is 0 Å². The molecule has 2 atom stereocenters. The fourth-order valence-corrected chi connectivity index (χ4v) is 4.25. The first kappa shape index (κ1) is 19.3. The van der Waals surface area contributed by atoms with E-state index >= 15 is 0 Å². The third kappa shape index (κ3) is 3.34. The third-order valence-electron chi connectivity index (χ3n) is 5.80. The van der Waals surface area contributed by atoms with Crippen molar-refractivity contribution in [3.05, 3.63) is 83.4 Å². The van der Waals surface area contributed by atoms with Crippen LogP contribution >= 0.6 is 0 Å². The van der Waals surface area contributed by atoms with Gasteiger partial charge in [-0.1, -0.05) is 30.3 Å². The molecule has 3 aromatic carbocycles. The number of ether oxygens (including phenoxy) is 4.